The minimum absolute atomic E-state index is 0.228. The maximum atomic E-state index is 12.6. The topological polar surface area (TPSA) is 28.2 Å². The molecule has 2 aromatic rings. The molecule has 1 aromatic carbocycles. The molecular weight excluding hydrogens is 415 g/mol. The molecule has 1 fully saturated rings. The molecule has 3 rings (SSSR count). The van der Waals surface area contributed by atoms with Crippen molar-refractivity contribution in [1.82, 2.24) is 9.29 Å². The number of nitrogens with one attached hydrogen (secondary N) is 1. The number of alkyl halides is 3. The first-order valence-corrected chi connectivity index (χ1v) is 9.45. The van der Waals surface area contributed by atoms with Gasteiger partial charge in [0.1, 0.15) is 5.82 Å². The number of nitrogens with zero attached hydrogens (tertiary/aromatic N) is 2. The number of hydrogen-bond acceptors (Lipinski definition) is 4. The summed E-state index contributed by atoms with van der Waals surface area (Å²) in [7, 11) is 0. The molecule has 0 amide bonds. The highest BCUT2D eigenvalue weighted by molar-refractivity contribution is 9.10. The molecule has 1 aromatic heterocycles. The summed E-state index contributed by atoms with van der Waals surface area (Å²) in [6, 6.07) is 10.9. The first-order valence-electron chi connectivity index (χ1n) is 7.88. The zero-order valence-corrected chi connectivity index (χ0v) is 15.7. The first kappa shape index (κ1) is 18.5. The Morgan fingerprint density at radius 3 is 2.32 bits per heavy atom. The van der Waals surface area contributed by atoms with Gasteiger partial charge in [0.2, 0.25) is 0 Å². The van der Waals surface area contributed by atoms with Crippen molar-refractivity contribution in [2.24, 2.45) is 0 Å². The van der Waals surface area contributed by atoms with Gasteiger partial charge in [-0.15, -0.1) is 0 Å². The molecule has 1 aliphatic heterocycles. The highest BCUT2D eigenvalue weighted by atomic mass is 79.9. The molecule has 0 saturated carbocycles. The van der Waals surface area contributed by atoms with Gasteiger partial charge in [0.15, 0.2) is 0 Å². The van der Waals surface area contributed by atoms with E-state index >= 15 is 0 Å². The second-order valence-electron chi connectivity index (χ2n) is 5.82. The maximum absolute atomic E-state index is 12.6. The molecule has 2 heterocycles. The standard InChI is InChI=1S/C17H17BrF3N3S/c18-13-2-4-15(5-3-13)25-24-9-7-14(8-10-24)23-16-6-1-12(11-22-16)17(19,20)21/h1-6,11,14H,7-10H2,(H,22,23). The Kier molecular flexibility index (Phi) is 5.91. The normalized spacial score (nSPS) is 16.8. The summed E-state index contributed by atoms with van der Waals surface area (Å²) in [6.07, 6.45) is -1.62. The Morgan fingerprint density at radius 2 is 1.76 bits per heavy atom. The Labute approximate surface area is 157 Å². The average molecular weight is 432 g/mol. The molecule has 25 heavy (non-hydrogen) atoms. The predicted molar refractivity (Wildman–Crippen MR) is 97.5 cm³/mol. The fourth-order valence-electron chi connectivity index (χ4n) is 2.59. The van der Waals surface area contributed by atoms with Gasteiger partial charge in [0.25, 0.3) is 0 Å². The number of piperidine rings is 1. The fourth-order valence-corrected chi connectivity index (χ4v) is 3.81. The zero-order valence-electron chi connectivity index (χ0n) is 13.3. The number of pyridine rings is 1. The molecule has 1 saturated heterocycles. The number of halogens is 4. The van der Waals surface area contributed by atoms with Crippen molar-refractivity contribution < 1.29 is 13.2 Å². The third kappa shape index (κ3) is 5.36. The van der Waals surface area contributed by atoms with E-state index in [2.05, 4.69) is 42.7 Å². The fraction of sp³-hybridized carbons (Fsp3) is 0.353. The van der Waals surface area contributed by atoms with Gasteiger partial charge < -0.3 is 5.32 Å². The van der Waals surface area contributed by atoms with E-state index in [1.165, 1.54) is 11.0 Å². The highest BCUT2D eigenvalue weighted by Gasteiger charge is 2.30. The van der Waals surface area contributed by atoms with E-state index in [0.29, 0.717) is 5.82 Å². The SMILES string of the molecule is FC(F)(F)c1ccc(NC2CCN(Sc3ccc(Br)cc3)CC2)nc1. The molecule has 0 bridgehead atoms. The number of anilines is 1. The van der Waals surface area contributed by atoms with Crippen molar-refractivity contribution in [3.8, 4) is 0 Å². The van der Waals surface area contributed by atoms with E-state index < -0.39 is 11.7 Å². The van der Waals surface area contributed by atoms with Crippen LogP contribution in [0.3, 0.4) is 0 Å². The van der Waals surface area contributed by atoms with Gasteiger partial charge in [-0.3, -0.25) is 0 Å². The second kappa shape index (κ2) is 7.97. The molecule has 0 aliphatic carbocycles. The molecule has 0 atom stereocenters. The molecule has 3 nitrogen and oxygen atoms in total. The minimum Gasteiger partial charge on any atom is -0.367 e. The first-order chi connectivity index (χ1) is 11.9. The van der Waals surface area contributed by atoms with Crippen molar-refractivity contribution in [2.75, 3.05) is 18.4 Å². The van der Waals surface area contributed by atoms with Crippen LogP contribution in [0.15, 0.2) is 52.0 Å². The second-order valence-corrected chi connectivity index (χ2v) is 7.91. The summed E-state index contributed by atoms with van der Waals surface area (Å²) in [5.41, 5.74) is -0.723. The summed E-state index contributed by atoms with van der Waals surface area (Å²) >= 11 is 5.16. The highest BCUT2D eigenvalue weighted by Crippen LogP contribution is 2.30. The Morgan fingerprint density at radius 1 is 1.08 bits per heavy atom. The predicted octanol–water partition coefficient (Wildman–Crippen LogP) is 5.45. The van der Waals surface area contributed by atoms with Crippen LogP contribution in [0.5, 0.6) is 0 Å². The molecule has 1 N–H and O–H groups in total. The lowest BCUT2D eigenvalue weighted by Gasteiger charge is -2.31. The lowest BCUT2D eigenvalue weighted by molar-refractivity contribution is -0.137. The van der Waals surface area contributed by atoms with Crippen LogP contribution in [0.4, 0.5) is 19.0 Å². The van der Waals surface area contributed by atoms with Gasteiger partial charge in [-0.05, 0) is 61.2 Å². The van der Waals surface area contributed by atoms with E-state index in [1.807, 2.05) is 12.1 Å². The molecule has 1 aliphatic rings. The maximum Gasteiger partial charge on any atom is 0.417 e. The van der Waals surface area contributed by atoms with Crippen LogP contribution in [0.2, 0.25) is 0 Å². The van der Waals surface area contributed by atoms with Crippen molar-refractivity contribution >= 4 is 33.7 Å². The lowest BCUT2D eigenvalue weighted by Crippen LogP contribution is -2.35. The van der Waals surface area contributed by atoms with Gasteiger partial charge in [0.05, 0.1) is 5.56 Å². The van der Waals surface area contributed by atoms with Crippen molar-refractivity contribution in [2.45, 2.75) is 30.0 Å². The summed E-state index contributed by atoms with van der Waals surface area (Å²) in [5.74, 6) is 0.493. The van der Waals surface area contributed by atoms with E-state index in [1.54, 1.807) is 11.9 Å². The lowest BCUT2D eigenvalue weighted by atomic mass is 10.1. The van der Waals surface area contributed by atoms with Crippen LogP contribution in [0.25, 0.3) is 0 Å². The number of hydrogen-bond donors (Lipinski definition) is 1. The van der Waals surface area contributed by atoms with Crippen LogP contribution in [0.1, 0.15) is 18.4 Å². The minimum atomic E-state index is -4.35. The van der Waals surface area contributed by atoms with Crippen molar-refractivity contribution in [1.29, 1.82) is 0 Å². The largest absolute Gasteiger partial charge is 0.417 e. The van der Waals surface area contributed by atoms with Gasteiger partial charge >= 0.3 is 6.18 Å². The van der Waals surface area contributed by atoms with Gasteiger partial charge in [-0.25, -0.2) is 9.29 Å². The van der Waals surface area contributed by atoms with E-state index in [9.17, 15) is 13.2 Å². The third-order valence-corrected chi connectivity index (χ3v) is 5.58. The van der Waals surface area contributed by atoms with Crippen molar-refractivity contribution in [3.05, 3.63) is 52.6 Å². The molecule has 0 unspecified atom stereocenters. The molecule has 134 valence electrons. The van der Waals surface area contributed by atoms with Crippen molar-refractivity contribution in [3.63, 3.8) is 0 Å². The van der Waals surface area contributed by atoms with Crippen LogP contribution < -0.4 is 5.32 Å². The molecular formula is C17H17BrF3N3S. The van der Waals surface area contributed by atoms with Crippen LogP contribution in [-0.2, 0) is 6.18 Å². The summed E-state index contributed by atoms with van der Waals surface area (Å²) in [6.45, 7) is 1.83. The summed E-state index contributed by atoms with van der Waals surface area (Å²) in [5, 5.41) is 3.23. The van der Waals surface area contributed by atoms with Crippen LogP contribution >= 0.6 is 27.9 Å². The number of rotatable bonds is 4. The Balaban J connectivity index is 1.48. The van der Waals surface area contributed by atoms with E-state index in [-0.39, 0.29) is 6.04 Å². The summed E-state index contributed by atoms with van der Waals surface area (Å²) in [4.78, 5) is 5.07. The monoisotopic (exact) mass is 431 g/mol. The molecule has 8 heteroatoms. The van der Waals surface area contributed by atoms with Crippen LogP contribution in [-0.4, -0.2) is 28.4 Å². The Hall–Kier alpha value is -1.25. The quantitative estimate of drug-likeness (QED) is 0.651. The molecule has 0 radical (unpaired) electrons. The summed E-state index contributed by atoms with van der Waals surface area (Å²) < 4.78 is 41.0. The van der Waals surface area contributed by atoms with Gasteiger partial charge in [-0.2, -0.15) is 13.2 Å². The smallest absolute Gasteiger partial charge is 0.367 e. The van der Waals surface area contributed by atoms with Gasteiger partial charge in [0, 0.05) is 34.7 Å². The van der Waals surface area contributed by atoms with E-state index in [4.69, 9.17) is 0 Å². The zero-order chi connectivity index (χ0) is 17.9. The van der Waals surface area contributed by atoms with Crippen LogP contribution in [0, 0.1) is 0 Å². The number of benzene rings is 1. The number of aromatic nitrogens is 1. The van der Waals surface area contributed by atoms with Gasteiger partial charge in [-0.1, -0.05) is 15.9 Å². The molecule has 0 spiro atoms. The third-order valence-electron chi connectivity index (χ3n) is 3.94. The Bertz CT molecular complexity index is 684. The average Bonchev–Trinajstić information content (AvgIpc) is 2.58. The van der Waals surface area contributed by atoms with E-state index in [0.717, 1.165) is 42.7 Å².